The Morgan fingerprint density at radius 2 is 1.12 bits per heavy atom. The fourth-order valence-corrected chi connectivity index (χ4v) is 10.9. The summed E-state index contributed by atoms with van der Waals surface area (Å²) in [5.74, 6) is 0.796. The molecule has 1 aliphatic rings. The Morgan fingerprint density at radius 1 is 0.512 bits per heavy atom. The number of imidazole rings is 1. The van der Waals surface area contributed by atoms with Gasteiger partial charge in [0.15, 0.2) is 0 Å². The van der Waals surface area contributed by atoms with Crippen molar-refractivity contribution < 1.29 is 67.4 Å². The van der Waals surface area contributed by atoms with E-state index < -0.39 is 202 Å². The number of aryl methyl sites for hydroxylation is 2. The number of fused-ring (bicyclic) bond motifs is 10. The van der Waals surface area contributed by atoms with Crippen LogP contribution >= 0.6 is 0 Å². The van der Waals surface area contributed by atoms with Crippen molar-refractivity contribution in [2.75, 3.05) is 0 Å². The molecule has 0 amide bonds. The molecule has 0 saturated heterocycles. The molecule has 0 bridgehead atoms. The Hall–Kier alpha value is -9.67. The zero-order chi connectivity index (χ0) is 79.2. The van der Waals surface area contributed by atoms with Crippen molar-refractivity contribution in [3.8, 4) is 107 Å². The molecule has 0 N–H and O–H groups in total. The average Bonchev–Trinajstić information content (AvgIpc) is 1.59. The minimum Gasteiger partial charge on any atom is -0.510 e. The van der Waals surface area contributed by atoms with Gasteiger partial charge in [0, 0.05) is 52.5 Å². The zero-order valence-electron chi connectivity index (χ0n) is 71.6. The Kier molecular flexibility index (Phi) is 7.62. The molecule has 5 nitrogen and oxygen atoms in total. The number of benzene rings is 11. The maximum Gasteiger partial charge on any atom is 0.268 e. The molecule has 0 radical (unpaired) electrons. The van der Waals surface area contributed by atoms with E-state index in [1.807, 2.05) is 47.0 Å². The van der Waals surface area contributed by atoms with Gasteiger partial charge in [0.2, 0.25) is 0 Å². The Bertz CT molecular complexity index is 6250. The van der Waals surface area contributed by atoms with E-state index in [2.05, 4.69) is 39.2 Å². The van der Waals surface area contributed by atoms with Crippen molar-refractivity contribution in [3.05, 3.63) is 283 Å². The Balaban J connectivity index is 0.0000103. The first-order valence-corrected chi connectivity index (χ1v) is 26.2. The zero-order valence-corrected chi connectivity index (χ0v) is 46.8. The summed E-state index contributed by atoms with van der Waals surface area (Å²) in [5, 5.41) is 1.69. The third kappa shape index (κ3) is 8.99. The van der Waals surface area contributed by atoms with Crippen molar-refractivity contribution in [2.45, 2.75) is 39.9 Å². The van der Waals surface area contributed by atoms with Crippen LogP contribution in [0.2, 0.25) is 0 Å². The standard InChI is InChI=1S/C78H56N4O.Pt/c1-50-21-18-22-51(2)75(50)57-44-70-66-32-15-13-30-64(66)63-29-12-14-31-65(63)69-35-20-34-62(56-42-54(52-23-8-6-9-24-52)41-55(43-56)53-25-10-7-11-26-53)76(69)81-49-80(73(45-57)77(70)81)59-27-19-28-60(47-59)83-61-37-38-68-67-33-16-17-36-71(67)82(72(68)48-61)74-46-58(39-40-79-74)78(3,4)5;/h6-46H,1-5H3;/q-2;/i1D3,2D3,6D,7D,8D,9D,10D,11D,12D,13D,14D,15D,23D,24D,25D,26D,29D,30D,31D,32D,41D,42D,43D;. The third-order valence-electron chi connectivity index (χ3n) is 14.7. The SMILES string of the molecule is [2H]c1c([2H])c([2H])c(-c2c([2H])c(-c3cccc4c3-[n+]3[c-]n(-c5[c-]c(Oc6[c-]c7c(cc6)c6ccccc6n7-c6cc(C(C)(C)C)ccn6)ccc5)c5cc(-c6c(C([2H])([2H])[2H])cccc6C([2H])([2H])[2H])cc(c53)-c3c([2H])c([2H])c([2H])c([2H])c3-c3c([2H])c([2H])c([2H])c([2H])c3-4)c([2H])c(-c3c([2H])c([2H])c([2H])c([2H])c3[2H])c2[2H])c([2H])c1[2H].[Pt]. The van der Waals surface area contributed by atoms with Gasteiger partial charge in [-0.3, -0.25) is 4.57 Å². The third-order valence-corrected chi connectivity index (χ3v) is 14.7. The van der Waals surface area contributed by atoms with Crippen LogP contribution in [0.25, 0.3) is 128 Å². The molecule has 4 heterocycles. The van der Waals surface area contributed by atoms with Crippen LogP contribution in [0.15, 0.2) is 248 Å². The summed E-state index contributed by atoms with van der Waals surface area (Å²) in [6.45, 7) is 0.103. The number of ether oxygens (including phenoxy) is 1. The van der Waals surface area contributed by atoms with Crippen LogP contribution in [0.4, 0.5) is 0 Å². The fraction of sp³-hybridized carbons (Fsp3) is 0.0769. The molecular formula is C78H56N4OPt-2. The van der Waals surface area contributed by atoms with E-state index >= 15 is 0 Å². The number of hydrogen-bond donors (Lipinski definition) is 0. The van der Waals surface area contributed by atoms with E-state index in [1.165, 1.54) is 57.7 Å². The summed E-state index contributed by atoms with van der Waals surface area (Å²) in [7, 11) is 0. The van der Waals surface area contributed by atoms with E-state index in [0.29, 0.717) is 11.3 Å². The molecule has 0 aliphatic carbocycles. The first-order chi connectivity index (χ1) is 51.8. The van der Waals surface area contributed by atoms with Gasteiger partial charge >= 0.3 is 0 Å². The van der Waals surface area contributed by atoms with Crippen LogP contribution in [-0.4, -0.2) is 14.1 Å². The largest absolute Gasteiger partial charge is 0.510 e. The van der Waals surface area contributed by atoms with Crippen LogP contribution in [0.5, 0.6) is 11.5 Å². The molecule has 14 aromatic rings. The summed E-state index contributed by atoms with van der Waals surface area (Å²) in [4.78, 5) is 4.81. The van der Waals surface area contributed by atoms with Gasteiger partial charge in [-0.2, -0.15) is 18.2 Å². The van der Waals surface area contributed by atoms with Gasteiger partial charge in [0.1, 0.15) is 5.82 Å². The molecule has 3 aromatic heterocycles. The molecule has 11 aromatic carbocycles. The first-order valence-electron chi connectivity index (χ1n) is 39.7. The summed E-state index contributed by atoms with van der Waals surface area (Å²) in [6, 6.07) is 17.7. The second kappa shape index (κ2) is 20.9. The Labute approximate surface area is 542 Å². The molecule has 0 atom stereocenters. The topological polar surface area (TPSA) is 35.9 Å². The summed E-state index contributed by atoms with van der Waals surface area (Å²) in [5.41, 5.74) is -7.12. The van der Waals surface area contributed by atoms with Gasteiger partial charge < -0.3 is 13.9 Å². The number of hydrogen-bond acceptors (Lipinski definition) is 2. The van der Waals surface area contributed by atoms with Crippen molar-refractivity contribution >= 4 is 32.8 Å². The van der Waals surface area contributed by atoms with Crippen LogP contribution < -0.4 is 9.30 Å². The smallest absolute Gasteiger partial charge is 0.268 e. The maximum absolute atomic E-state index is 10.5. The van der Waals surface area contributed by atoms with E-state index in [1.54, 1.807) is 30.5 Å². The fourth-order valence-electron chi connectivity index (χ4n) is 10.9. The van der Waals surface area contributed by atoms with Crippen LogP contribution in [0.3, 0.4) is 0 Å². The summed E-state index contributed by atoms with van der Waals surface area (Å²) in [6.07, 6.45) is 5.09. The van der Waals surface area contributed by atoms with Crippen molar-refractivity contribution in [3.63, 3.8) is 0 Å². The molecule has 6 heteroatoms. The van der Waals surface area contributed by atoms with E-state index in [-0.39, 0.29) is 88.2 Å². The van der Waals surface area contributed by atoms with Gasteiger partial charge in [-0.05, 0) is 167 Å². The molecular weight excluding hydrogens is 1200 g/mol. The van der Waals surface area contributed by atoms with E-state index in [0.717, 1.165) is 21.9 Å². The quantitative estimate of drug-likeness (QED) is 0.112. The van der Waals surface area contributed by atoms with E-state index in [9.17, 15) is 20.6 Å². The molecule has 15 rings (SSSR count). The van der Waals surface area contributed by atoms with E-state index in [4.69, 9.17) is 26.2 Å². The van der Waals surface area contributed by atoms with Crippen molar-refractivity contribution in [1.29, 1.82) is 0 Å². The van der Waals surface area contributed by atoms with Crippen molar-refractivity contribution in [1.82, 2.24) is 14.1 Å². The van der Waals surface area contributed by atoms with Gasteiger partial charge in [0.05, 0.1) is 45.5 Å². The minimum atomic E-state index is -3.08. The van der Waals surface area contributed by atoms with Crippen LogP contribution in [-0.2, 0) is 26.5 Å². The number of para-hydroxylation sites is 2. The Morgan fingerprint density at radius 3 is 1.81 bits per heavy atom. The molecule has 0 unspecified atom stereocenters. The predicted octanol–water partition coefficient (Wildman–Crippen LogP) is 19.5. The van der Waals surface area contributed by atoms with Gasteiger partial charge in [-0.25, -0.2) is 4.98 Å². The summed E-state index contributed by atoms with van der Waals surface area (Å²) >= 11 is 0. The number of pyridine rings is 1. The molecule has 0 saturated carbocycles. The van der Waals surface area contributed by atoms with Gasteiger partial charge in [0.25, 0.3) is 6.33 Å². The van der Waals surface area contributed by atoms with Crippen molar-refractivity contribution in [2.24, 2.45) is 0 Å². The van der Waals surface area contributed by atoms with Gasteiger partial charge in [-0.1, -0.05) is 196 Å². The molecule has 84 heavy (non-hydrogen) atoms. The second-order valence-electron chi connectivity index (χ2n) is 20.7. The maximum atomic E-state index is 10.5. The molecule has 406 valence electrons. The molecule has 1 aliphatic heterocycles. The average molecular weight is 1290 g/mol. The van der Waals surface area contributed by atoms with Gasteiger partial charge in [-0.15, -0.1) is 29.7 Å². The van der Waals surface area contributed by atoms with Crippen LogP contribution in [0.1, 0.15) is 74.5 Å². The predicted molar refractivity (Wildman–Crippen MR) is 340 cm³/mol. The first kappa shape index (κ1) is 30.6. The minimum absolute atomic E-state index is 0. The second-order valence-corrected chi connectivity index (χ2v) is 20.7. The number of nitrogens with zero attached hydrogens (tertiary/aromatic N) is 4. The molecule has 0 fully saturated rings. The number of aromatic nitrogens is 4. The monoisotopic (exact) mass is 1290 g/mol. The molecule has 0 spiro atoms. The van der Waals surface area contributed by atoms with Crippen LogP contribution in [0, 0.1) is 32.2 Å². The number of rotatable bonds is 8. The summed E-state index contributed by atoms with van der Waals surface area (Å²) < 4.78 is 263. The normalized spacial score (nSPS) is 16.6.